The highest BCUT2D eigenvalue weighted by molar-refractivity contribution is 5.19. The summed E-state index contributed by atoms with van der Waals surface area (Å²) in [6.07, 6.45) is 8.24. The largest absolute Gasteiger partial charge is 0.330 e. The van der Waals surface area contributed by atoms with Gasteiger partial charge in [0.25, 0.3) is 0 Å². The van der Waals surface area contributed by atoms with Crippen molar-refractivity contribution >= 4 is 0 Å². The van der Waals surface area contributed by atoms with E-state index in [2.05, 4.69) is 6.92 Å². The van der Waals surface area contributed by atoms with Gasteiger partial charge in [-0.2, -0.15) is 0 Å². The van der Waals surface area contributed by atoms with Gasteiger partial charge in [0, 0.05) is 0 Å². The van der Waals surface area contributed by atoms with Crippen LogP contribution in [0.5, 0.6) is 0 Å². The Kier molecular flexibility index (Phi) is 4.98. The summed E-state index contributed by atoms with van der Waals surface area (Å²) in [4.78, 5) is 0. The van der Waals surface area contributed by atoms with Crippen molar-refractivity contribution in [2.45, 2.75) is 51.9 Å². The van der Waals surface area contributed by atoms with E-state index in [1.54, 1.807) is 12.1 Å². The maximum atomic E-state index is 13.8. The Morgan fingerprint density at radius 3 is 2.53 bits per heavy atom. The minimum atomic E-state index is -0.0778. The van der Waals surface area contributed by atoms with E-state index in [1.165, 1.54) is 25.7 Å². The Hall–Kier alpha value is -0.890. The molecule has 0 saturated heterocycles. The third-order valence-electron chi connectivity index (χ3n) is 4.82. The average molecular weight is 263 g/mol. The lowest BCUT2D eigenvalue weighted by molar-refractivity contribution is 0.149. The van der Waals surface area contributed by atoms with Crippen molar-refractivity contribution in [3.8, 4) is 0 Å². The summed E-state index contributed by atoms with van der Waals surface area (Å²) in [5, 5.41) is 0. The lowest BCUT2D eigenvalue weighted by Crippen LogP contribution is -2.37. The summed E-state index contributed by atoms with van der Waals surface area (Å²) < 4.78 is 13.8. The van der Waals surface area contributed by atoms with Gasteiger partial charge in [0.1, 0.15) is 5.82 Å². The Bertz CT molecular complexity index is 394. The van der Waals surface area contributed by atoms with Gasteiger partial charge in [-0.1, -0.05) is 38.0 Å². The van der Waals surface area contributed by atoms with Crippen molar-refractivity contribution in [3.63, 3.8) is 0 Å². The first kappa shape index (κ1) is 14.5. The van der Waals surface area contributed by atoms with Crippen LogP contribution in [-0.2, 0) is 6.42 Å². The van der Waals surface area contributed by atoms with Gasteiger partial charge in [-0.05, 0) is 61.6 Å². The zero-order valence-corrected chi connectivity index (χ0v) is 12.0. The lowest BCUT2D eigenvalue weighted by atomic mass is 9.67. The van der Waals surface area contributed by atoms with E-state index < -0.39 is 0 Å². The minimum absolute atomic E-state index is 0.0778. The van der Waals surface area contributed by atoms with Crippen molar-refractivity contribution in [1.29, 1.82) is 0 Å². The molecule has 1 nitrogen and oxygen atoms in total. The molecule has 0 unspecified atom stereocenters. The molecular weight excluding hydrogens is 237 g/mol. The quantitative estimate of drug-likeness (QED) is 0.842. The van der Waals surface area contributed by atoms with Crippen molar-refractivity contribution < 1.29 is 4.39 Å². The summed E-state index contributed by atoms with van der Waals surface area (Å²) in [5.41, 5.74) is 7.00. The maximum absolute atomic E-state index is 13.8. The van der Waals surface area contributed by atoms with Crippen LogP contribution < -0.4 is 5.73 Å². The minimum Gasteiger partial charge on any atom is -0.330 e. The molecule has 1 aliphatic carbocycles. The molecule has 0 heterocycles. The van der Waals surface area contributed by atoms with Crippen LogP contribution in [-0.4, -0.2) is 6.54 Å². The van der Waals surface area contributed by atoms with E-state index in [4.69, 9.17) is 5.73 Å². The monoisotopic (exact) mass is 263 g/mol. The van der Waals surface area contributed by atoms with Gasteiger partial charge >= 0.3 is 0 Å². The first-order chi connectivity index (χ1) is 9.19. The number of halogens is 1. The zero-order chi connectivity index (χ0) is 13.7. The number of rotatable bonds is 5. The van der Waals surface area contributed by atoms with Crippen LogP contribution in [0.25, 0.3) is 0 Å². The van der Waals surface area contributed by atoms with Gasteiger partial charge in [0.05, 0.1) is 0 Å². The molecule has 1 saturated carbocycles. The predicted octanol–water partition coefficient (Wildman–Crippen LogP) is 4.30. The highest BCUT2D eigenvalue weighted by Crippen LogP contribution is 2.42. The van der Waals surface area contributed by atoms with Gasteiger partial charge < -0.3 is 5.73 Å². The van der Waals surface area contributed by atoms with Gasteiger partial charge in [0.15, 0.2) is 0 Å². The molecule has 0 amide bonds. The number of hydrogen-bond acceptors (Lipinski definition) is 1. The van der Waals surface area contributed by atoms with Crippen molar-refractivity contribution in [3.05, 3.63) is 35.6 Å². The number of hydrogen-bond donors (Lipinski definition) is 1. The first-order valence-electron chi connectivity index (χ1n) is 7.62. The van der Waals surface area contributed by atoms with E-state index in [0.717, 1.165) is 30.7 Å². The fourth-order valence-electron chi connectivity index (χ4n) is 3.49. The van der Waals surface area contributed by atoms with Crippen LogP contribution in [0.3, 0.4) is 0 Å². The molecule has 1 aromatic rings. The molecule has 1 aliphatic rings. The zero-order valence-electron chi connectivity index (χ0n) is 12.0. The second-order valence-corrected chi connectivity index (χ2v) is 6.20. The van der Waals surface area contributed by atoms with Gasteiger partial charge in [-0.3, -0.25) is 0 Å². The van der Waals surface area contributed by atoms with Crippen LogP contribution in [0, 0.1) is 17.2 Å². The third kappa shape index (κ3) is 3.56. The van der Waals surface area contributed by atoms with E-state index >= 15 is 0 Å². The molecule has 2 rings (SSSR count). The van der Waals surface area contributed by atoms with Crippen LogP contribution in [0.4, 0.5) is 4.39 Å². The standard InChI is InChI=1S/C17H26FN/c1-2-5-14-8-10-17(13-19,11-9-14)12-15-6-3-4-7-16(15)18/h3-4,6-7,14H,2,5,8-13,19H2,1H3. The van der Waals surface area contributed by atoms with Crippen molar-refractivity contribution in [1.82, 2.24) is 0 Å². The molecule has 106 valence electrons. The molecule has 0 aliphatic heterocycles. The second kappa shape index (κ2) is 6.51. The second-order valence-electron chi connectivity index (χ2n) is 6.20. The third-order valence-corrected chi connectivity index (χ3v) is 4.82. The molecule has 19 heavy (non-hydrogen) atoms. The summed E-state index contributed by atoms with van der Waals surface area (Å²) >= 11 is 0. The van der Waals surface area contributed by atoms with Crippen LogP contribution >= 0.6 is 0 Å². The summed E-state index contributed by atoms with van der Waals surface area (Å²) in [6.45, 7) is 2.93. The SMILES string of the molecule is CCCC1CCC(CN)(Cc2ccccc2F)CC1. The molecule has 0 radical (unpaired) electrons. The Labute approximate surface area is 116 Å². The smallest absolute Gasteiger partial charge is 0.126 e. The molecule has 1 aromatic carbocycles. The summed E-state index contributed by atoms with van der Waals surface area (Å²) in [6, 6.07) is 7.14. The molecule has 2 heteroatoms. The molecule has 0 spiro atoms. The Morgan fingerprint density at radius 2 is 1.95 bits per heavy atom. The van der Waals surface area contributed by atoms with Crippen LogP contribution in [0.1, 0.15) is 51.0 Å². The topological polar surface area (TPSA) is 26.0 Å². The Balaban J connectivity index is 2.02. The van der Waals surface area contributed by atoms with E-state index in [9.17, 15) is 4.39 Å². The molecule has 0 aromatic heterocycles. The van der Waals surface area contributed by atoms with Crippen LogP contribution in [0.2, 0.25) is 0 Å². The Morgan fingerprint density at radius 1 is 1.26 bits per heavy atom. The highest BCUT2D eigenvalue weighted by atomic mass is 19.1. The fraction of sp³-hybridized carbons (Fsp3) is 0.647. The highest BCUT2D eigenvalue weighted by Gasteiger charge is 2.34. The maximum Gasteiger partial charge on any atom is 0.126 e. The molecule has 1 fully saturated rings. The molecular formula is C17H26FN. The van der Waals surface area contributed by atoms with E-state index in [0.29, 0.717) is 6.54 Å². The molecule has 0 atom stereocenters. The predicted molar refractivity (Wildman–Crippen MR) is 78.5 cm³/mol. The summed E-state index contributed by atoms with van der Waals surface area (Å²) in [7, 11) is 0. The van der Waals surface area contributed by atoms with Crippen molar-refractivity contribution in [2.24, 2.45) is 17.1 Å². The molecule has 0 bridgehead atoms. The fourth-order valence-corrected chi connectivity index (χ4v) is 3.49. The number of benzene rings is 1. The average Bonchev–Trinajstić information content (AvgIpc) is 2.44. The van der Waals surface area contributed by atoms with E-state index in [-0.39, 0.29) is 11.2 Å². The first-order valence-corrected chi connectivity index (χ1v) is 7.62. The number of nitrogens with two attached hydrogens (primary N) is 1. The molecule has 2 N–H and O–H groups in total. The van der Waals surface area contributed by atoms with Crippen molar-refractivity contribution in [2.75, 3.05) is 6.54 Å². The van der Waals surface area contributed by atoms with Gasteiger partial charge in [-0.15, -0.1) is 0 Å². The van der Waals surface area contributed by atoms with Gasteiger partial charge in [0.2, 0.25) is 0 Å². The normalized spacial score (nSPS) is 27.4. The van der Waals surface area contributed by atoms with Gasteiger partial charge in [-0.25, -0.2) is 4.39 Å². The lowest BCUT2D eigenvalue weighted by Gasteiger charge is -2.39. The summed E-state index contributed by atoms with van der Waals surface area (Å²) in [5.74, 6) is 0.788. The van der Waals surface area contributed by atoms with E-state index in [1.807, 2.05) is 12.1 Å². The van der Waals surface area contributed by atoms with Crippen LogP contribution in [0.15, 0.2) is 24.3 Å².